The molecule has 0 radical (unpaired) electrons. The zero-order valence-corrected chi connectivity index (χ0v) is 17.5. The van der Waals surface area contributed by atoms with Crippen molar-refractivity contribution in [2.45, 2.75) is 36.0 Å². The summed E-state index contributed by atoms with van der Waals surface area (Å²) in [6.45, 7) is 1.91. The molecule has 3 rings (SSSR count). The summed E-state index contributed by atoms with van der Waals surface area (Å²) in [5, 5.41) is 0. The fraction of sp³-hybridized carbons (Fsp3) is 0.429. The van der Waals surface area contributed by atoms with Gasteiger partial charge in [-0.1, -0.05) is 30.3 Å². The maximum Gasteiger partial charge on any atom is 0.416 e. The normalized spacial score (nSPS) is 20.5. The molecule has 9 heteroatoms. The molecule has 30 heavy (non-hydrogen) atoms. The Bertz CT molecular complexity index is 934. The largest absolute Gasteiger partial charge is 0.416 e. The predicted octanol–water partition coefficient (Wildman–Crippen LogP) is 3.66. The number of likely N-dealkylation sites (tertiary alicyclic amines) is 1. The zero-order chi connectivity index (χ0) is 21.8. The lowest BCUT2D eigenvalue weighted by atomic mass is 9.96. The average Bonchev–Trinajstić information content (AvgIpc) is 3.09. The third-order valence-electron chi connectivity index (χ3n) is 5.31. The molecule has 2 aromatic rings. The minimum absolute atomic E-state index is 0.197. The standard InChI is InChI=1S/C21H25F3N2O3S/c1-29-14-12-20(25-30(27,28)19-5-3-2-4-6-19)11-13-26(16-20)15-17-7-9-18(10-8-17)21(22,23)24/h2-10,25H,11-16H2,1H3. The summed E-state index contributed by atoms with van der Waals surface area (Å²) < 4.78 is 72.1. The number of nitrogens with one attached hydrogen (secondary N) is 1. The lowest BCUT2D eigenvalue weighted by molar-refractivity contribution is -0.137. The second-order valence-corrected chi connectivity index (χ2v) is 9.28. The molecular weight excluding hydrogens is 417 g/mol. The highest BCUT2D eigenvalue weighted by atomic mass is 32.2. The van der Waals surface area contributed by atoms with E-state index in [1.54, 1.807) is 37.4 Å². The Morgan fingerprint density at radius 3 is 2.37 bits per heavy atom. The molecule has 1 heterocycles. The molecule has 1 unspecified atom stereocenters. The van der Waals surface area contributed by atoms with Crippen LogP contribution in [0.5, 0.6) is 0 Å². The van der Waals surface area contributed by atoms with E-state index in [-0.39, 0.29) is 4.90 Å². The van der Waals surface area contributed by atoms with Gasteiger partial charge in [0.15, 0.2) is 0 Å². The number of hydrogen-bond donors (Lipinski definition) is 1. The van der Waals surface area contributed by atoms with Crippen molar-refractivity contribution in [2.24, 2.45) is 0 Å². The monoisotopic (exact) mass is 442 g/mol. The van der Waals surface area contributed by atoms with Gasteiger partial charge in [-0.15, -0.1) is 0 Å². The first-order chi connectivity index (χ1) is 14.1. The van der Waals surface area contributed by atoms with Gasteiger partial charge in [0, 0.05) is 38.9 Å². The van der Waals surface area contributed by atoms with Gasteiger partial charge in [-0.05, 0) is 42.7 Å². The molecule has 0 amide bonds. The molecule has 0 saturated carbocycles. The summed E-state index contributed by atoms with van der Waals surface area (Å²) in [6.07, 6.45) is -3.28. The van der Waals surface area contributed by atoms with Gasteiger partial charge in [0.2, 0.25) is 10.0 Å². The van der Waals surface area contributed by atoms with E-state index in [0.29, 0.717) is 39.1 Å². The van der Waals surface area contributed by atoms with E-state index in [9.17, 15) is 21.6 Å². The van der Waals surface area contributed by atoms with Gasteiger partial charge in [0.05, 0.1) is 10.5 Å². The molecule has 0 aliphatic carbocycles. The van der Waals surface area contributed by atoms with E-state index in [0.717, 1.165) is 17.7 Å². The number of nitrogens with zero attached hydrogens (tertiary/aromatic N) is 1. The molecule has 1 atom stereocenters. The summed E-state index contributed by atoms with van der Waals surface area (Å²) >= 11 is 0. The molecule has 1 fully saturated rings. The van der Waals surface area contributed by atoms with Crippen LogP contribution in [0.3, 0.4) is 0 Å². The maximum atomic E-state index is 12.9. The van der Waals surface area contributed by atoms with Gasteiger partial charge in [0.1, 0.15) is 0 Å². The number of sulfonamides is 1. The minimum atomic E-state index is -4.36. The topological polar surface area (TPSA) is 58.6 Å². The molecule has 1 saturated heterocycles. The lowest BCUT2D eigenvalue weighted by Gasteiger charge is -2.30. The summed E-state index contributed by atoms with van der Waals surface area (Å²) in [7, 11) is -2.14. The van der Waals surface area contributed by atoms with Gasteiger partial charge in [-0.25, -0.2) is 13.1 Å². The van der Waals surface area contributed by atoms with Crippen molar-refractivity contribution in [1.82, 2.24) is 9.62 Å². The van der Waals surface area contributed by atoms with Gasteiger partial charge < -0.3 is 4.74 Å². The number of halogens is 3. The summed E-state index contributed by atoms with van der Waals surface area (Å²) in [6, 6.07) is 13.2. The minimum Gasteiger partial charge on any atom is -0.385 e. The van der Waals surface area contributed by atoms with Crippen molar-refractivity contribution in [3.63, 3.8) is 0 Å². The number of methoxy groups -OCH3 is 1. The molecule has 2 aromatic carbocycles. The molecule has 0 bridgehead atoms. The second-order valence-electron chi connectivity index (χ2n) is 7.60. The maximum absolute atomic E-state index is 12.9. The number of alkyl halides is 3. The Morgan fingerprint density at radius 2 is 1.77 bits per heavy atom. The lowest BCUT2D eigenvalue weighted by Crippen LogP contribution is -2.50. The highest BCUT2D eigenvalue weighted by molar-refractivity contribution is 7.89. The van der Waals surface area contributed by atoms with Crippen molar-refractivity contribution in [3.8, 4) is 0 Å². The van der Waals surface area contributed by atoms with Crippen molar-refractivity contribution < 1.29 is 26.3 Å². The Balaban J connectivity index is 1.72. The van der Waals surface area contributed by atoms with E-state index in [2.05, 4.69) is 4.72 Å². The third kappa shape index (κ3) is 5.60. The van der Waals surface area contributed by atoms with Crippen LogP contribution in [-0.2, 0) is 27.5 Å². The van der Waals surface area contributed by atoms with Crippen LogP contribution in [-0.4, -0.2) is 45.7 Å². The Labute approximate surface area is 174 Å². The first kappa shape index (κ1) is 22.7. The second kappa shape index (κ2) is 9.05. The van der Waals surface area contributed by atoms with Gasteiger partial charge in [-0.2, -0.15) is 13.2 Å². The molecule has 0 spiro atoms. The molecule has 1 aliphatic rings. The van der Waals surface area contributed by atoms with Crippen molar-refractivity contribution in [2.75, 3.05) is 26.8 Å². The van der Waals surface area contributed by atoms with E-state index >= 15 is 0 Å². The van der Waals surface area contributed by atoms with Gasteiger partial charge in [-0.3, -0.25) is 4.90 Å². The van der Waals surface area contributed by atoms with Gasteiger partial charge in [0.25, 0.3) is 0 Å². The number of rotatable bonds is 8. The van der Waals surface area contributed by atoms with Crippen LogP contribution in [0.1, 0.15) is 24.0 Å². The van der Waals surface area contributed by atoms with E-state index in [1.807, 2.05) is 4.90 Å². The Hall–Kier alpha value is -1.94. The van der Waals surface area contributed by atoms with Crippen LogP contribution < -0.4 is 4.72 Å². The van der Waals surface area contributed by atoms with Crippen LogP contribution >= 0.6 is 0 Å². The van der Waals surface area contributed by atoms with Crippen LogP contribution in [0.2, 0.25) is 0 Å². The first-order valence-electron chi connectivity index (χ1n) is 9.60. The number of benzene rings is 2. The van der Waals surface area contributed by atoms with Crippen LogP contribution in [0.15, 0.2) is 59.5 Å². The van der Waals surface area contributed by atoms with E-state index < -0.39 is 27.3 Å². The highest BCUT2D eigenvalue weighted by Gasteiger charge is 2.41. The molecule has 0 aromatic heterocycles. The van der Waals surface area contributed by atoms with Crippen molar-refractivity contribution >= 4 is 10.0 Å². The summed E-state index contributed by atoms with van der Waals surface area (Å²) in [5.41, 5.74) is -0.634. The fourth-order valence-electron chi connectivity index (χ4n) is 3.73. The predicted molar refractivity (Wildman–Crippen MR) is 107 cm³/mol. The molecule has 1 N–H and O–H groups in total. The van der Waals surface area contributed by atoms with Crippen molar-refractivity contribution in [3.05, 3.63) is 65.7 Å². The van der Waals surface area contributed by atoms with Crippen LogP contribution in [0, 0.1) is 0 Å². The molecule has 1 aliphatic heterocycles. The van der Waals surface area contributed by atoms with Crippen LogP contribution in [0.4, 0.5) is 13.2 Å². The smallest absolute Gasteiger partial charge is 0.385 e. The average molecular weight is 443 g/mol. The molecular formula is C21H25F3N2O3S. The zero-order valence-electron chi connectivity index (χ0n) is 16.7. The van der Waals surface area contributed by atoms with Gasteiger partial charge >= 0.3 is 6.18 Å². The van der Waals surface area contributed by atoms with Crippen LogP contribution in [0.25, 0.3) is 0 Å². The first-order valence-corrected chi connectivity index (χ1v) is 11.1. The quantitative estimate of drug-likeness (QED) is 0.678. The molecule has 164 valence electrons. The summed E-state index contributed by atoms with van der Waals surface area (Å²) in [5.74, 6) is 0. The molecule has 5 nitrogen and oxygen atoms in total. The highest BCUT2D eigenvalue weighted by Crippen LogP contribution is 2.31. The van der Waals surface area contributed by atoms with E-state index in [4.69, 9.17) is 4.74 Å². The number of ether oxygens (including phenoxy) is 1. The summed E-state index contributed by atoms with van der Waals surface area (Å²) in [4.78, 5) is 2.24. The SMILES string of the molecule is COCCC1(NS(=O)(=O)c2ccccc2)CCN(Cc2ccc(C(F)(F)F)cc2)C1. The Morgan fingerprint density at radius 1 is 1.10 bits per heavy atom. The number of hydrogen-bond acceptors (Lipinski definition) is 4. The Kier molecular flexibility index (Phi) is 6.86. The third-order valence-corrected chi connectivity index (χ3v) is 6.90. The van der Waals surface area contributed by atoms with Crippen molar-refractivity contribution in [1.29, 1.82) is 0 Å². The fourth-order valence-corrected chi connectivity index (χ4v) is 5.20. The van der Waals surface area contributed by atoms with E-state index in [1.165, 1.54) is 12.1 Å².